The second-order valence-corrected chi connectivity index (χ2v) is 4.36. The molecule has 0 aromatic carbocycles. The molecule has 0 atom stereocenters. The molecule has 1 rings (SSSR count). The summed E-state index contributed by atoms with van der Waals surface area (Å²) in [7, 11) is 0. The summed E-state index contributed by atoms with van der Waals surface area (Å²) in [6.07, 6.45) is 1.14. The van der Waals surface area contributed by atoms with Gasteiger partial charge in [-0.1, -0.05) is 20.8 Å². The summed E-state index contributed by atoms with van der Waals surface area (Å²) in [5.41, 5.74) is 0.989. The maximum absolute atomic E-state index is 4.15. The molecule has 0 saturated heterocycles. The quantitative estimate of drug-likeness (QED) is 0.693. The average molecular weight is 222 g/mol. The highest BCUT2D eigenvalue weighted by Gasteiger charge is 1.98. The Labute approximate surface area is 97.9 Å². The Morgan fingerprint density at radius 2 is 2.06 bits per heavy atom. The van der Waals surface area contributed by atoms with Crippen LogP contribution in [0, 0.1) is 5.92 Å². The van der Waals surface area contributed by atoms with Crippen LogP contribution in [0.4, 0.5) is 5.82 Å². The van der Waals surface area contributed by atoms with E-state index in [0.717, 1.165) is 37.6 Å². The van der Waals surface area contributed by atoms with Crippen molar-refractivity contribution in [2.45, 2.75) is 33.7 Å². The van der Waals surface area contributed by atoms with E-state index >= 15 is 0 Å². The number of aromatic nitrogens is 2. The van der Waals surface area contributed by atoms with Crippen LogP contribution in [-0.2, 0) is 6.54 Å². The second-order valence-electron chi connectivity index (χ2n) is 4.36. The first-order valence-electron chi connectivity index (χ1n) is 5.99. The average Bonchev–Trinajstić information content (AvgIpc) is 2.28. The van der Waals surface area contributed by atoms with Gasteiger partial charge in [-0.05, 0) is 31.0 Å². The molecule has 0 aliphatic carbocycles. The van der Waals surface area contributed by atoms with Gasteiger partial charge in [-0.15, -0.1) is 5.10 Å². The fourth-order valence-electron chi connectivity index (χ4n) is 1.25. The van der Waals surface area contributed by atoms with E-state index < -0.39 is 0 Å². The SMILES string of the molecule is CCCNCc1ccc(NCC(C)C)nn1. The van der Waals surface area contributed by atoms with Crippen LogP contribution < -0.4 is 10.6 Å². The van der Waals surface area contributed by atoms with Gasteiger partial charge >= 0.3 is 0 Å². The Kier molecular flexibility index (Phi) is 5.78. The van der Waals surface area contributed by atoms with Crippen molar-refractivity contribution in [2.24, 2.45) is 5.92 Å². The minimum Gasteiger partial charge on any atom is -0.368 e. The Bertz CT molecular complexity index is 282. The maximum atomic E-state index is 4.15. The topological polar surface area (TPSA) is 49.8 Å². The van der Waals surface area contributed by atoms with E-state index in [1.165, 1.54) is 0 Å². The monoisotopic (exact) mass is 222 g/mol. The number of rotatable bonds is 7. The normalized spacial score (nSPS) is 10.8. The number of nitrogens with one attached hydrogen (secondary N) is 2. The number of nitrogens with zero attached hydrogens (tertiary/aromatic N) is 2. The van der Waals surface area contributed by atoms with Crippen LogP contribution in [0.15, 0.2) is 12.1 Å². The predicted molar refractivity (Wildman–Crippen MR) is 67.4 cm³/mol. The number of anilines is 1. The maximum Gasteiger partial charge on any atom is 0.148 e. The van der Waals surface area contributed by atoms with Crippen LogP contribution in [0.1, 0.15) is 32.9 Å². The molecule has 4 nitrogen and oxygen atoms in total. The molecule has 90 valence electrons. The molecule has 0 spiro atoms. The smallest absolute Gasteiger partial charge is 0.148 e. The lowest BCUT2D eigenvalue weighted by atomic mass is 10.2. The molecule has 0 amide bonds. The Morgan fingerprint density at radius 1 is 1.25 bits per heavy atom. The molecule has 2 N–H and O–H groups in total. The van der Waals surface area contributed by atoms with E-state index in [1.807, 2.05) is 12.1 Å². The zero-order valence-corrected chi connectivity index (χ0v) is 10.5. The molecule has 4 heteroatoms. The van der Waals surface area contributed by atoms with Crippen LogP contribution in [0.2, 0.25) is 0 Å². The Morgan fingerprint density at radius 3 is 2.62 bits per heavy atom. The zero-order chi connectivity index (χ0) is 11.8. The van der Waals surface area contributed by atoms with E-state index in [9.17, 15) is 0 Å². The third-order valence-corrected chi connectivity index (χ3v) is 2.14. The van der Waals surface area contributed by atoms with Crippen LogP contribution >= 0.6 is 0 Å². The fraction of sp³-hybridized carbons (Fsp3) is 0.667. The van der Waals surface area contributed by atoms with Gasteiger partial charge in [0.25, 0.3) is 0 Å². The molecule has 0 aliphatic rings. The molecule has 0 fully saturated rings. The van der Waals surface area contributed by atoms with Gasteiger partial charge in [-0.2, -0.15) is 5.10 Å². The van der Waals surface area contributed by atoms with Crippen molar-refractivity contribution in [3.8, 4) is 0 Å². The highest BCUT2D eigenvalue weighted by Crippen LogP contribution is 2.03. The zero-order valence-electron chi connectivity index (χ0n) is 10.5. The molecule has 1 heterocycles. The first-order valence-corrected chi connectivity index (χ1v) is 5.99. The lowest BCUT2D eigenvalue weighted by Gasteiger charge is -2.07. The van der Waals surface area contributed by atoms with Crippen LogP contribution in [0.3, 0.4) is 0 Å². The first-order chi connectivity index (χ1) is 7.72. The first kappa shape index (κ1) is 12.9. The standard InChI is InChI=1S/C12H22N4/c1-4-7-13-9-11-5-6-12(16-15-11)14-8-10(2)3/h5-6,10,13H,4,7-9H2,1-3H3,(H,14,16). The van der Waals surface area contributed by atoms with Gasteiger partial charge in [0.2, 0.25) is 0 Å². The summed E-state index contributed by atoms with van der Waals surface area (Å²) < 4.78 is 0. The van der Waals surface area contributed by atoms with Gasteiger partial charge in [0.1, 0.15) is 5.82 Å². The van der Waals surface area contributed by atoms with Gasteiger partial charge in [-0.25, -0.2) is 0 Å². The van der Waals surface area contributed by atoms with E-state index in [-0.39, 0.29) is 0 Å². The van der Waals surface area contributed by atoms with Gasteiger partial charge in [0.05, 0.1) is 5.69 Å². The number of hydrogen-bond acceptors (Lipinski definition) is 4. The van der Waals surface area contributed by atoms with E-state index in [0.29, 0.717) is 5.92 Å². The highest BCUT2D eigenvalue weighted by molar-refractivity contribution is 5.32. The summed E-state index contributed by atoms with van der Waals surface area (Å²) in [6, 6.07) is 4.00. The van der Waals surface area contributed by atoms with E-state index in [2.05, 4.69) is 41.6 Å². The summed E-state index contributed by atoms with van der Waals surface area (Å²) in [4.78, 5) is 0. The molecule has 1 aromatic rings. The minimum absolute atomic E-state index is 0.618. The van der Waals surface area contributed by atoms with Crippen molar-refractivity contribution in [3.05, 3.63) is 17.8 Å². The molecule has 0 aliphatic heterocycles. The van der Waals surface area contributed by atoms with Crippen molar-refractivity contribution in [1.29, 1.82) is 0 Å². The van der Waals surface area contributed by atoms with Crippen molar-refractivity contribution >= 4 is 5.82 Å². The molecule has 1 aromatic heterocycles. The Balaban J connectivity index is 2.35. The minimum atomic E-state index is 0.618. The lowest BCUT2D eigenvalue weighted by molar-refractivity contribution is 0.655. The van der Waals surface area contributed by atoms with Crippen molar-refractivity contribution in [1.82, 2.24) is 15.5 Å². The summed E-state index contributed by atoms with van der Waals surface area (Å²) in [5, 5.41) is 14.8. The van der Waals surface area contributed by atoms with E-state index in [4.69, 9.17) is 0 Å². The lowest BCUT2D eigenvalue weighted by Crippen LogP contribution is -2.15. The molecule has 0 radical (unpaired) electrons. The van der Waals surface area contributed by atoms with Crippen molar-refractivity contribution < 1.29 is 0 Å². The predicted octanol–water partition coefficient (Wildman–Crippen LogP) is 2.04. The van der Waals surface area contributed by atoms with Gasteiger partial charge in [0.15, 0.2) is 0 Å². The highest BCUT2D eigenvalue weighted by atomic mass is 15.2. The van der Waals surface area contributed by atoms with Crippen LogP contribution in [-0.4, -0.2) is 23.3 Å². The van der Waals surface area contributed by atoms with Crippen LogP contribution in [0.25, 0.3) is 0 Å². The van der Waals surface area contributed by atoms with Gasteiger partial charge in [-0.3, -0.25) is 0 Å². The van der Waals surface area contributed by atoms with Crippen LogP contribution in [0.5, 0.6) is 0 Å². The second kappa shape index (κ2) is 7.17. The summed E-state index contributed by atoms with van der Waals surface area (Å²) in [5.74, 6) is 1.47. The Hall–Kier alpha value is -1.16. The van der Waals surface area contributed by atoms with Gasteiger partial charge in [0, 0.05) is 13.1 Å². The molecular formula is C12H22N4. The number of hydrogen-bond donors (Lipinski definition) is 2. The van der Waals surface area contributed by atoms with Gasteiger partial charge < -0.3 is 10.6 Å². The van der Waals surface area contributed by atoms with Crippen molar-refractivity contribution in [3.63, 3.8) is 0 Å². The molecule has 0 bridgehead atoms. The molecule has 0 saturated carbocycles. The summed E-state index contributed by atoms with van der Waals surface area (Å²) >= 11 is 0. The molecule has 16 heavy (non-hydrogen) atoms. The van der Waals surface area contributed by atoms with Crippen molar-refractivity contribution in [2.75, 3.05) is 18.4 Å². The largest absolute Gasteiger partial charge is 0.368 e. The summed E-state index contributed by atoms with van der Waals surface area (Å²) in [6.45, 7) is 9.24. The van der Waals surface area contributed by atoms with E-state index in [1.54, 1.807) is 0 Å². The molecule has 0 unspecified atom stereocenters. The third-order valence-electron chi connectivity index (χ3n) is 2.14. The molecular weight excluding hydrogens is 200 g/mol. The fourth-order valence-corrected chi connectivity index (χ4v) is 1.25. The third kappa shape index (κ3) is 5.07.